The number of alkyl halides is 3. The Kier molecular flexibility index (Phi) is 5.68. The first kappa shape index (κ1) is 23.8. The maximum atomic E-state index is 15.2. The standard InChI is InChI=1S/C22H22F4N8O2/c1-11(23)7-33-16-6-13(4-5-15(16)29-31-33)18-14(24)8-34-19(18)20(36-3)28-21(30-34)27-17-9-32(12(2)35)10-22(17,25)26/h4-6,8,11,17H,7,9-10H2,1-3H3,(H,27,30)/t11-,17+/m0/s1. The molecule has 10 nitrogen and oxygen atoms in total. The van der Waals surface area contributed by atoms with Crippen LogP contribution in [0.25, 0.3) is 27.7 Å². The molecule has 0 bridgehead atoms. The number of nitrogens with one attached hydrogen (secondary N) is 1. The fourth-order valence-electron chi connectivity index (χ4n) is 4.32. The predicted molar refractivity (Wildman–Crippen MR) is 121 cm³/mol. The minimum atomic E-state index is -3.21. The van der Waals surface area contributed by atoms with Gasteiger partial charge in [-0.15, -0.1) is 10.2 Å². The molecule has 3 aromatic heterocycles. The Morgan fingerprint density at radius 1 is 1.36 bits per heavy atom. The summed E-state index contributed by atoms with van der Waals surface area (Å²) in [6.45, 7) is 1.62. The summed E-state index contributed by atoms with van der Waals surface area (Å²) in [5.41, 5.74) is 1.71. The summed E-state index contributed by atoms with van der Waals surface area (Å²) in [5, 5.41) is 14.7. The van der Waals surface area contributed by atoms with E-state index in [0.717, 1.165) is 15.6 Å². The minimum absolute atomic E-state index is 0.0206. The van der Waals surface area contributed by atoms with Crippen molar-refractivity contribution in [3.63, 3.8) is 0 Å². The lowest BCUT2D eigenvalue weighted by molar-refractivity contribution is -0.129. The second-order valence-electron chi connectivity index (χ2n) is 8.70. The number of nitrogens with zero attached hydrogens (tertiary/aromatic N) is 7. The third kappa shape index (κ3) is 4.05. The molecule has 2 atom stereocenters. The van der Waals surface area contributed by atoms with Crippen molar-refractivity contribution >= 4 is 28.4 Å². The topological polar surface area (TPSA) is 102 Å². The Bertz CT molecular complexity index is 1470. The molecule has 14 heteroatoms. The van der Waals surface area contributed by atoms with Crippen molar-refractivity contribution in [3.05, 3.63) is 30.2 Å². The van der Waals surface area contributed by atoms with Gasteiger partial charge in [0, 0.05) is 13.5 Å². The fourth-order valence-corrected chi connectivity index (χ4v) is 4.32. The van der Waals surface area contributed by atoms with Crippen LogP contribution in [-0.2, 0) is 11.3 Å². The van der Waals surface area contributed by atoms with Gasteiger partial charge in [-0.1, -0.05) is 11.3 Å². The molecule has 1 amide bonds. The number of hydrogen-bond acceptors (Lipinski definition) is 7. The van der Waals surface area contributed by atoms with Crippen LogP contribution in [0.2, 0.25) is 0 Å². The van der Waals surface area contributed by atoms with Gasteiger partial charge in [-0.2, -0.15) is 4.98 Å². The number of carbonyl (C=O) groups is 1. The molecule has 0 aliphatic carbocycles. The van der Waals surface area contributed by atoms with Crippen molar-refractivity contribution in [3.8, 4) is 17.0 Å². The van der Waals surface area contributed by atoms with E-state index in [1.54, 1.807) is 18.2 Å². The van der Waals surface area contributed by atoms with E-state index in [9.17, 15) is 18.0 Å². The third-order valence-electron chi connectivity index (χ3n) is 6.04. The number of fused-ring (bicyclic) bond motifs is 2. The average molecular weight is 506 g/mol. The van der Waals surface area contributed by atoms with E-state index in [2.05, 4.69) is 25.7 Å². The van der Waals surface area contributed by atoms with E-state index in [4.69, 9.17) is 4.74 Å². The lowest BCUT2D eigenvalue weighted by atomic mass is 10.1. The van der Waals surface area contributed by atoms with E-state index in [-0.39, 0.29) is 36.0 Å². The normalized spacial score (nSPS) is 18.2. The molecule has 1 aliphatic rings. The number of aromatic nitrogens is 6. The van der Waals surface area contributed by atoms with Gasteiger partial charge < -0.3 is 15.0 Å². The Morgan fingerprint density at radius 3 is 2.81 bits per heavy atom. The van der Waals surface area contributed by atoms with Gasteiger partial charge in [-0.25, -0.2) is 26.8 Å². The Hall–Kier alpha value is -3.97. The molecule has 5 rings (SSSR count). The first-order valence-corrected chi connectivity index (χ1v) is 11.1. The van der Waals surface area contributed by atoms with Crippen LogP contribution in [0.15, 0.2) is 24.4 Å². The number of amides is 1. The number of ether oxygens (including phenoxy) is 1. The molecule has 0 saturated carbocycles. The average Bonchev–Trinajstić information content (AvgIpc) is 3.45. The number of anilines is 1. The van der Waals surface area contributed by atoms with Crippen molar-refractivity contribution in [1.82, 2.24) is 34.5 Å². The maximum Gasteiger partial charge on any atom is 0.286 e. The highest BCUT2D eigenvalue weighted by Gasteiger charge is 2.49. The Labute approximate surface area is 201 Å². The van der Waals surface area contributed by atoms with Crippen LogP contribution in [0, 0.1) is 5.82 Å². The summed E-state index contributed by atoms with van der Waals surface area (Å²) in [6, 6.07) is 3.44. The number of hydrogen-bond donors (Lipinski definition) is 1. The van der Waals surface area contributed by atoms with Crippen LogP contribution in [0.3, 0.4) is 0 Å². The van der Waals surface area contributed by atoms with E-state index in [1.807, 2.05) is 0 Å². The molecular weight excluding hydrogens is 484 g/mol. The number of benzene rings is 1. The zero-order chi connectivity index (χ0) is 25.8. The molecule has 1 N–H and O–H groups in total. The number of carbonyl (C=O) groups excluding carboxylic acids is 1. The summed E-state index contributed by atoms with van der Waals surface area (Å²) >= 11 is 0. The fraction of sp³-hybridized carbons (Fsp3) is 0.409. The smallest absolute Gasteiger partial charge is 0.286 e. The zero-order valence-electron chi connectivity index (χ0n) is 19.5. The molecule has 1 fully saturated rings. The first-order chi connectivity index (χ1) is 17.1. The Balaban J connectivity index is 1.55. The lowest BCUT2D eigenvalue weighted by Crippen LogP contribution is -2.38. The second kappa shape index (κ2) is 8.60. The second-order valence-corrected chi connectivity index (χ2v) is 8.70. The zero-order valence-corrected chi connectivity index (χ0v) is 19.5. The molecule has 0 radical (unpaired) electrons. The first-order valence-electron chi connectivity index (χ1n) is 11.1. The van der Waals surface area contributed by atoms with Crippen LogP contribution >= 0.6 is 0 Å². The number of methoxy groups -OCH3 is 1. The molecule has 4 heterocycles. The number of rotatable bonds is 6. The summed E-state index contributed by atoms with van der Waals surface area (Å²) in [5.74, 6) is -4.62. The highest BCUT2D eigenvalue weighted by Crippen LogP contribution is 2.36. The van der Waals surface area contributed by atoms with Crippen molar-refractivity contribution in [2.45, 2.75) is 38.5 Å². The summed E-state index contributed by atoms with van der Waals surface area (Å²) in [6.07, 6.45) is -0.0854. The van der Waals surface area contributed by atoms with Crippen molar-refractivity contribution < 1.29 is 27.1 Å². The summed E-state index contributed by atoms with van der Waals surface area (Å²) < 4.78 is 65.6. The Morgan fingerprint density at radius 2 is 2.14 bits per heavy atom. The van der Waals surface area contributed by atoms with Gasteiger partial charge in [0.15, 0.2) is 5.82 Å². The van der Waals surface area contributed by atoms with Crippen LogP contribution in [0.5, 0.6) is 5.88 Å². The van der Waals surface area contributed by atoms with Gasteiger partial charge in [0.05, 0.1) is 37.5 Å². The lowest BCUT2D eigenvalue weighted by Gasteiger charge is -2.19. The third-order valence-corrected chi connectivity index (χ3v) is 6.04. The molecule has 190 valence electrons. The van der Waals surface area contributed by atoms with Crippen LogP contribution in [-0.4, -0.2) is 78.7 Å². The van der Waals surface area contributed by atoms with Gasteiger partial charge in [0.25, 0.3) is 5.92 Å². The SMILES string of the molecule is COc1nc(N[C@@H]2CN(C(C)=O)CC2(F)F)nn2cc(F)c(-c3ccc4nnn(C[C@H](C)F)c4c3)c12. The van der Waals surface area contributed by atoms with Crippen molar-refractivity contribution in [1.29, 1.82) is 0 Å². The molecule has 1 aromatic carbocycles. The van der Waals surface area contributed by atoms with Gasteiger partial charge >= 0.3 is 0 Å². The highest BCUT2D eigenvalue weighted by molar-refractivity contribution is 5.89. The van der Waals surface area contributed by atoms with Crippen LogP contribution in [0.1, 0.15) is 13.8 Å². The molecule has 0 unspecified atom stereocenters. The molecule has 36 heavy (non-hydrogen) atoms. The van der Waals surface area contributed by atoms with Gasteiger partial charge in [-0.3, -0.25) is 4.79 Å². The summed E-state index contributed by atoms with van der Waals surface area (Å²) in [4.78, 5) is 16.8. The highest BCUT2D eigenvalue weighted by atomic mass is 19.3. The monoisotopic (exact) mass is 506 g/mol. The van der Waals surface area contributed by atoms with Crippen LogP contribution in [0.4, 0.5) is 23.5 Å². The number of halogens is 4. The van der Waals surface area contributed by atoms with E-state index >= 15 is 4.39 Å². The van der Waals surface area contributed by atoms with E-state index in [1.165, 1.54) is 25.6 Å². The van der Waals surface area contributed by atoms with E-state index in [0.29, 0.717) is 16.6 Å². The quantitative estimate of drug-likeness (QED) is 0.401. The summed E-state index contributed by atoms with van der Waals surface area (Å²) in [7, 11) is 1.31. The largest absolute Gasteiger partial charge is 0.479 e. The van der Waals surface area contributed by atoms with Crippen molar-refractivity contribution in [2.75, 3.05) is 25.5 Å². The van der Waals surface area contributed by atoms with Crippen molar-refractivity contribution in [2.24, 2.45) is 0 Å². The number of likely N-dealkylation sites (tertiary alicyclic amines) is 1. The van der Waals surface area contributed by atoms with E-state index < -0.39 is 36.4 Å². The molecular formula is C22H22F4N8O2. The molecule has 4 aromatic rings. The molecule has 0 spiro atoms. The predicted octanol–water partition coefficient (Wildman–Crippen LogP) is 2.92. The van der Waals surface area contributed by atoms with Gasteiger partial charge in [-0.05, 0) is 24.6 Å². The maximum absolute atomic E-state index is 15.2. The van der Waals surface area contributed by atoms with Gasteiger partial charge in [0.1, 0.15) is 23.2 Å². The van der Waals surface area contributed by atoms with Crippen LogP contribution < -0.4 is 10.1 Å². The minimum Gasteiger partial charge on any atom is -0.479 e. The van der Waals surface area contributed by atoms with Gasteiger partial charge in [0.2, 0.25) is 17.7 Å². The molecule has 1 saturated heterocycles. The molecule has 1 aliphatic heterocycles.